The van der Waals surface area contributed by atoms with Crippen LogP contribution in [0.4, 0.5) is 17.5 Å². The molecule has 1 aromatic rings. The van der Waals surface area contributed by atoms with Crippen molar-refractivity contribution in [3.8, 4) is 0 Å². The molecule has 8 nitrogen and oxygen atoms in total. The van der Waals surface area contributed by atoms with Crippen LogP contribution in [0.25, 0.3) is 0 Å². The van der Waals surface area contributed by atoms with Gasteiger partial charge >= 0.3 is 0 Å². The van der Waals surface area contributed by atoms with Gasteiger partial charge in [0.15, 0.2) is 5.82 Å². The lowest BCUT2D eigenvalue weighted by atomic mass is 10.0. The van der Waals surface area contributed by atoms with Crippen LogP contribution in [-0.2, 0) is 0 Å². The van der Waals surface area contributed by atoms with Crippen molar-refractivity contribution in [2.24, 2.45) is 0 Å². The van der Waals surface area contributed by atoms with Crippen molar-refractivity contribution < 1.29 is 10.2 Å². The molecule has 1 aliphatic heterocycles. The fraction of sp³-hybridized carbons (Fsp3) is 0.556. The first-order valence-corrected chi connectivity index (χ1v) is 5.25. The molecule has 0 aromatic carbocycles. The standard InChI is InChI=1S/C9H15N5O3/c1-3(15)6(16)4-2-11-5-7(12-4)13-9(10)14-8(5)17/h3-4,6,11,15-16H,2H2,1H3,(H4,10,12,13,14,17)/t3-,4?,6-/m0/s1. The summed E-state index contributed by atoms with van der Waals surface area (Å²) in [5.74, 6) is 0.275. The number of H-pyrrole nitrogens is 1. The Bertz CT molecular complexity index is 472. The van der Waals surface area contributed by atoms with Crippen molar-refractivity contribution in [2.45, 2.75) is 25.2 Å². The average Bonchev–Trinajstić information content (AvgIpc) is 2.26. The summed E-state index contributed by atoms with van der Waals surface area (Å²) in [6, 6.07) is -0.434. The number of aliphatic hydroxyl groups is 2. The van der Waals surface area contributed by atoms with E-state index in [9.17, 15) is 15.0 Å². The van der Waals surface area contributed by atoms with E-state index in [0.717, 1.165) is 0 Å². The van der Waals surface area contributed by atoms with Crippen LogP contribution in [0.5, 0.6) is 0 Å². The first-order valence-electron chi connectivity index (χ1n) is 5.25. The van der Waals surface area contributed by atoms with Gasteiger partial charge in [-0.05, 0) is 6.92 Å². The fourth-order valence-corrected chi connectivity index (χ4v) is 1.74. The molecule has 1 aliphatic rings. The molecule has 2 rings (SSSR count). The van der Waals surface area contributed by atoms with Gasteiger partial charge in [0.05, 0.1) is 12.1 Å². The van der Waals surface area contributed by atoms with Crippen LogP contribution in [0.3, 0.4) is 0 Å². The molecule has 0 bridgehead atoms. The Kier molecular flexibility index (Phi) is 2.90. The van der Waals surface area contributed by atoms with E-state index in [0.29, 0.717) is 6.54 Å². The minimum Gasteiger partial charge on any atom is -0.391 e. The Labute approximate surface area is 96.9 Å². The van der Waals surface area contributed by atoms with Gasteiger partial charge in [0.25, 0.3) is 5.56 Å². The van der Waals surface area contributed by atoms with Gasteiger partial charge in [-0.1, -0.05) is 0 Å². The first-order chi connectivity index (χ1) is 7.99. The maximum absolute atomic E-state index is 11.5. The highest BCUT2D eigenvalue weighted by Crippen LogP contribution is 2.21. The number of aromatic amines is 1. The van der Waals surface area contributed by atoms with E-state index in [4.69, 9.17) is 5.73 Å². The molecule has 0 amide bonds. The number of aromatic nitrogens is 2. The van der Waals surface area contributed by atoms with E-state index in [1.165, 1.54) is 6.92 Å². The second-order valence-electron chi connectivity index (χ2n) is 4.04. The third-order valence-corrected chi connectivity index (χ3v) is 2.67. The molecule has 0 aliphatic carbocycles. The number of hydrogen-bond acceptors (Lipinski definition) is 7. The minimum atomic E-state index is -0.960. The van der Waals surface area contributed by atoms with E-state index in [1.54, 1.807) is 0 Å². The van der Waals surface area contributed by atoms with Gasteiger partial charge in [0, 0.05) is 6.54 Å². The van der Waals surface area contributed by atoms with Crippen molar-refractivity contribution in [1.82, 2.24) is 9.97 Å². The number of aliphatic hydroxyl groups excluding tert-OH is 2. The van der Waals surface area contributed by atoms with E-state index < -0.39 is 18.2 Å². The Morgan fingerprint density at radius 1 is 1.53 bits per heavy atom. The lowest BCUT2D eigenvalue weighted by Gasteiger charge is -2.31. The molecule has 0 radical (unpaired) electrons. The normalized spacial score (nSPS) is 21.9. The number of hydrogen-bond donors (Lipinski definition) is 6. The van der Waals surface area contributed by atoms with Crippen LogP contribution in [0.2, 0.25) is 0 Å². The van der Waals surface area contributed by atoms with Gasteiger partial charge in [-0.3, -0.25) is 9.78 Å². The molecule has 2 heterocycles. The predicted molar refractivity (Wildman–Crippen MR) is 62.9 cm³/mol. The number of nitrogens with two attached hydrogens (primary N) is 1. The van der Waals surface area contributed by atoms with Gasteiger partial charge in [0.1, 0.15) is 11.8 Å². The Balaban J connectivity index is 2.27. The lowest BCUT2D eigenvalue weighted by molar-refractivity contribution is 0.0213. The van der Waals surface area contributed by atoms with Crippen molar-refractivity contribution >= 4 is 17.5 Å². The Morgan fingerprint density at radius 3 is 2.88 bits per heavy atom. The molecule has 0 fully saturated rings. The molecule has 0 spiro atoms. The van der Waals surface area contributed by atoms with E-state index in [-0.39, 0.29) is 23.0 Å². The van der Waals surface area contributed by atoms with Crippen LogP contribution in [0.15, 0.2) is 4.79 Å². The van der Waals surface area contributed by atoms with Gasteiger partial charge in [-0.25, -0.2) is 0 Å². The maximum Gasteiger partial charge on any atom is 0.277 e. The number of anilines is 3. The monoisotopic (exact) mass is 241 g/mol. The van der Waals surface area contributed by atoms with Crippen LogP contribution < -0.4 is 21.9 Å². The summed E-state index contributed by atoms with van der Waals surface area (Å²) in [6.45, 7) is 1.80. The van der Waals surface area contributed by atoms with Crippen LogP contribution in [-0.4, -0.2) is 45.0 Å². The molecule has 8 heteroatoms. The maximum atomic E-state index is 11.5. The molecule has 1 aromatic heterocycles. The third-order valence-electron chi connectivity index (χ3n) is 2.67. The number of rotatable bonds is 2. The summed E-state index contributed by atoms with van der Waals surface area (Å²) in [7, 11) is 0. The highest BCUT2D eigenvalue weighted by atomic mass is 16.3. The summed E-state index contributed by atoms with van der Waals surface area (Å²) >= 11 is 0. The van der Waals surface area contributed by atoms with Gasteiger partial charge in [-0.2, -0.15) is 4.98 Å². The summed E-state index contributed by atoms with van der Waals surface area (Å²) in [4.78, 5) is 17.8. The molecule has 0 saturated heterocycles. The van der Waals surface area contributed by atoms with E-state index >= 15 is 0 Å². The Morgan fingerprint density at radius 2 is 2.24 bits per heavy atom. The second kappa shape index (κ2) is 4.22. The SMILES string of the molecule is C[C@H](O)[C@H](O)C1CNc2c(nc(N)[nH]c2=O)N1. The second-order valence-corrected chi connectivity index (χ2v) is 4.04. The molecule has 7 N–H and O–H groups in total. The van der Waals surface area contributed by atoms with Crippen molar-refractivity contribution in [1.29, 1.82) is 0 Å². The van der Waals surface area contributed by atoms with Gasteiger partial charge in [-0.15, -0.1) is 0 Å². The molecular weight excluding hydrogens is 226 g/mol. The van der Waals surface area contributed by atoms with Crippen molar-refractivity contribution in [3.63, 3.8) is 0 Å². The molecule has 3 atom stereocenters. The van der Waals surface area contributed by atoms with Gasteiger partial charge in [0.2, 0.25) is 5.95 Å². The lowest BCUT2D eigenvalue weighted by Crippen LogP contribution is -2.48. The van der Waals surface area contributed by atoms with Crippen LogP contribution >= 0.6 is 0 Å². The minimum absolute atomic E-state index is 0.00441. The smallest absolute Gasteiger partial charge is 0.277 e. The number of nitrogen functional groups attached to an aromatic ring is 1. The summed E-state index contributed by atoms with van der Waals surface area (Å²) in [6.07, 6.45) is -1.84. The van der Waals surface area contributed by atoms with Crippen LogP contribution in [0.1, 0.15) is 6.92 Å². The zero-order valence-electron chi connectivity index (χ0n) is 9.27. The molecule has 0 saturated carbocycles. The quantitative estimate of drug-likeness (QED) is 0.363. The number of nitrogens with zero attached hydrogens (tertiary/aromatic N) is 1. The molecule has 17 heavy (non-hydrogen) atoms. The largest absolute Gasteiger partial charge is 0.391 e. The predicted octanol–water partition coefficient (Wildman–Crippen LogP) is -1.70. The highest BCUT2D eigenvalue weighted by molar-refractivity contribution is 5.67. The van der Waals surface area contributed by atoms with Gasteiger partial charge < -0.3 is 26.6 Å². The van der Waals surface area contributed by atoms with Crippen molar-refractivity contribution in [3.05, 3.63) is 10.4 Å². The van der Waals surface area contributed by atoms with Crippen molar-refractivity contribution in [2.75, 3.05) is 22.9 Å². The van der Waals surface area contributed by atoms with E-state index in [2.05, 4.69) is 20.6 Å². The summed E-state index contributed by atoms with van der Waals surface area (Å²) in [5.41, 5.74) is 5.33. The molecule has 94 valence electrons. The van der Waals surface area contributed by atoms with Crippen LogP contribution in [0, 0.1) is 0 Å². The third kappa shape index (κ3) is 2.17. The molecule has 1 unspecified atom stereocenters. The zero-order chi connectivity index (χ0) is 12.6. The highest BCUT2D eigenvalue weighted by Gasteiger charge is 2.29. The fourth-order valence-electron chi connectivity index (χ4n) is 1.74. The number of nitrogens with one attached hydrogen (secondary N) is 3. The van der Waals surface area contributed by atoms with E-state index in [1.807, 2.05) is 0 Å². The summed E-state index contributed by atoms with van der Waals surface area (Å²) < 4.78 is 0. The first kappa shape index (κ1) is 11.7. The summed E-state index contributed by atoms with van der Waals surface area (Å²) in [5, 5.41) is 24.7. The average molecular weight is 241 g/mol. The topological polar surface area (TPSA) is 136 Å². The zero-order valence-corrected chi connectivity index (χ0v) is 9.27. The number of fused-ring (bicyclic) bond motifs is 1. The Hall–Kier alpha value is -1.80. The molecular formula is C9H15N5O3.